The first-order valence-corrected chi connectivity index (χ1v) is 10.8. The number of benzene rings is 1. The molecule has 2 rings (SSSR count). The van der Waals surface area contributed by atoms with E-state index < -0.39 is 6.10 Å². The molecular formula is C21H31ClN4OS. The first-order valence-electron chi connectivity index (χ1n) is 9.63. The van der Waals surface area contributed by atoms with Gasteiger partial charge in [-0.05, 0) is 51.1 Å². The molecule has 5 nitrogen and oxygen atoms in total. The fourth-order valence-electron chi connectivity index (χ4n) is 2.62. The Balaban J connectivity index is 2.02. The van der Waals surface area contributed by atoms with Crippen molar-refractivity contribution in [1.29, 1.82) is 0 Å². The maximum Gasteiger partial charge on any atom is 0.191 e. The molecule has 1 heterocycles. The van der Waals surface area contributed by atoms with Gasteiger partial charge in [-0.25, -0.2) is 4.99 Å². The van der Waals surface area contributed by atoms with Gasteiger partial charge in [-0.3, -0.25) is 4.90 Å². The highest BCUT2D eigenvalue weighted by molar-refractivity contribution is 7.16. The number of thiophene rings is 1. The quantitative estimate of drug-likeness (QED) is 0.421. The van der Waals surface area contributed by atoms with E-state index in [-0.39, 0.29) is 0 Å². The summed E-state index contributed by atoms with van der Waals surface area (Å²) >= 11 is 7.34. The minimum atomic E-state index is -0.617. The number of guanidine groups is 1. The number of aliphatic hydroxyl groups is 1. The fourth-order valence-corrected chi connectivity index (χ4v) is 3.67. The first-order chi connectivity index (χ1) is 13.4. The predicted molar refractivity (Wildman–Crippen MR) is 120 cm³/mol. The van der Waals surface area contributed by atoms with Gasteiger partial charge in [0.05, 0.1) is 10.9 Å². The molecule has 28 heavy (non-hydrogen) atoms. The Bertz CT molecular complexity index is 762. The van der Waals surface area contributed by atoms with Gasteiger partial charge in [-0.1, -0.05) is 35.9 Å². The van der Waals surface area contributed by atoms with E-state index in [0.29, 0.717) is 29.4 Å². The van der Waals surface area contributed by atoms with Crippen LogP contribution in [-0.2, 0) is 13.1 Å². The highest BCUT2D eigenvalue weighted by Gasteiger charge is 2.12. The van der Waals surface area contributed by atoms with Crippen molar-refractivity contribution >= 4 is 28.9 Å². The van der Waals surface area contributed by atoms with Crippen LogP contribution in [0.2, 0.25) is 4.34 Å². The molecule has 1 aromatic heterocycles. The number of rotatable bonds is 9. The molecule has 0 aliphatic carbocycles. The van der Waals surface area contributed by atoms with Gasteiger partial charge in [0.2, 0.25) is 0 Å². The van der Waals surface area contributed by atoms with Crippen molar-refractivity contribution in [1.82, 2.24) is 15.5 Å². The van der Waals surface area contributed by atoms with E-state index in [4.69, 9.17) is 16.6 Å². The van der Waals surface area contributed by atoms with Crippen LogP contribution in [0.1, 0.15) is 42.9 Å². The number of aliphatic hydroxyl groups excluding tert-OH is 1. The van der Waals surface area contributed by atoms with E-state index in [9.17, 15) is 5.11 Å². The molecule has 0 saturated carbocycles. The minimum Gasteiger partial charge on any atom is -0.386 e. The van der Waals surface area contributed by atoms with E-state index in [1.54, 1.807) is 6.07 Å². The molecule has 0 bridgehead atoms. The zero-order valence-electron chi connectivity index (χ0n) is 17.1. The average molecular weight is 423 g/mol. The van der Waals surface area contributed by atoms with Gasteiger partial charge in [0.1, 0.15) is 6.10 Å². The third-order valence-corrected chi connectivity index (χ3v) is 5.89. The van der Waals surface area contributed by atoms with Gasteiger partial charge >= 0.3 is 0 Å². The molecule has 0 fully saturated rings. The van der Waals surface area contributed by atoms with E-state index >= 15 is 0 Å². The van der Waals surface area contributed by atoms with E-state index in [0.717, 1.165) is 18.0 Å². The summed E-state index contributed by atoms with van der Waals surface area (Å²) in [7, 11) is 2.13. The van der Waals surface area contributed by atoms with Gasteiger partial charge in [0.15, 0.2) is 5.96 Å². The van der Waals surface area contributed by atoms with Crippen LogP contribution < -0.4 is 10.6 Å². The molecule has 154 valence electrons. The minimum absolute atomic E-state index is 0.375. The number of aliphatic imine (C=N–C) groups is 1. The van der Waals surface area contributed by atoms with Crippen LogP contribution in [0.25, 0.3) is 0 Å². The van der Waals surface area contributed by atoms with Crippen molar-refractivity contribution in [2.45, 2.75) is 46.0 Å². The largest absolute Gasteiger partial charge is 0.386 e. The third kappa shape index (κ3) is 7.09. The molecule has 0 aliphatic rings. The Morgan fingerprint density at radius 2 is 1.89 bits per heavy atom. The maximum atomic E-state index is 10.3. The monoisotopic (exact) mass is 422 g/mol. The third-order valence-electron chi connectivity index (χ3n) is 4.56. The number of hydrogen-bond acceptors (Lipinski definition) is 4. The molecule has 0 radical (unpaired) electrons. The van der Waals surface area contributed by atoms with E-state index in [1.807, 2.05) is 19.1 Å². The zero-order valence-corrected chi connectivity index (χ0v) is 18.6. The van der Waals surface area contributed by atoms with Crippen LogP contribution in [0.5, 0.6) is 0 Å². The summed E-state index contributed by atoms with van der Waals surface area (Å²) in [6.45, 7) is 9.02. The summed E-state index contributed by atoms with van der Waals surface area (Å²) in [6.07, 6.45) is -0.617. The second-order valence-corrected chi connectivity index (χ2v) is 8.76. The van der Waals surface area contributed by atoms with E-state index in [2.05, 4.69) is 54.6 Å². The lowest BCUT2D eigenvalue weighted by Crippen LogP contribution is -2.39. The molecule has 3 N–H and O–H groups in total. The molecule has 2 aromatic rings. The molecule has 0 spiro atoms. The number of nitrogens with one attached hydrogen (secondary N) is 2. The fraction of sp³-hybridized carbons (Fsp3) is 0.476. The molecule has 0 aliphatic heterocycles. The molecule has 7 heteroatoms. The number of nitrogens with zero attached hydrogens (tertiary/aromatic N) is 2. The van der Waals surface area contributed by atoms with Crippen LogP contribution in [0.15, 0.2) is 41.4 Å². The van der Waals surface area contributed by atoms with Crippen LogP contribution in [-0.4, -0.2) is 42.1 Å². The lowest BCUT2D eigenvalue weighted by atomic mass is 10.1. The zero-order chi connectivity index (χ0) is 20.5. The van der Waals surface area contributed by atoms with Crippen LogP contribution in [0.3, 0.4) is 0 Å². The normalized spacial score (nSPS) is 13.2. The van der Waals surface area contributed by atoms with Gasteiger partial charge in [0, 0.05) is 30.6 Å². The van der Waals surface area contributed by atoms with Crippen molar-refractivity contribution < 1.29 is 5.11 Å². The Kier molecular flexibility index (Phi) is 9.25. The Morgan fingerprint density at radius 1 is 1.18 bits per heavy atom. The summed E-state index contributed by atoms with van der Waals surface area (Å²) < 4.78 is 0.678. The standard InChI is InChI=1S/C21H31ClN4OS/c1-5-23-21(25-13-18(27)19-10-11-20(22)28-19)24-12-16-8-6-7-9-17(16)14-26(4)15(2)3/h6-11,15,18,27H,5,12-14H2,1-4H3,(H2,23,24,25). The van der Waals surface area contributed by atoms with Crippen molar-refractivity contribution in [3.8, 4) is 0 Å². The Hall–Kier alpha value is -1.60. The number of halogens is 1. The summed E-state index contributed by atoms with van der Waals surface area (Å²) in [5, 5.41) is 16.8. The second-order valence-electron chi connectivity index (χ2n) is 7.01. The highest BCUT2D eigenvalue weighted by atomic mass is 35.5. The lowest BCUT2D eigenvalue weighted by Gasteiger charge is -2.22. The SMILES string of the molecule is CCNC(=NCc1ccccc1CN(C)C(C)C)NCC(O)c1ccc(Cl)s1. The van der Waals surface area contributed by atoms with Crippen LogP contribution in [0, 0.1) is 0 Å². The molecule has 0 saturated heterocycles. The van der Waals surface area contributed by atoms with Gasteiger partial charge in [-0.2, -0.15) is 0 Å². The average Bonchev–Trinajstić information content (AvgIpc) is 3.11. The summed E-state index contributed by atoms with van der Waals surface area (Å²) in [5.41, 5.74) is 2.49. The Morgan fingerprint density at radius 3 is 2.50 bits per heavy atom. The van der Waals surface area contributed by atoms with Crippen molar-refractivity contribution in [3.05, 3.63) is 56.7 Å². The van der Waals surface area contributed by atoms with Gasteiger partial charge < -0.3 is 15.7 Å². The topological polar surface area (TPSA) is 59.9 Å². The van der Waals surface area contributed by atoms with Gasteiger partial charge in [-0.15, -0.1) is 11.3 Å². The summed E-state index contributed by atoms with van der Waals surface area (Å²) in [4.78, 5) is 7.87. The summed E-state index contributed by atoms with van der Waals surface area (Å²) in [5.74, 6) is 0.691. The molecule has 1 unspecified atom stereocenters. The lowest BCUT2D eigenvalue weighted by molar-refractivity contribution is 0.184. The molecule has 1 atom stereocenters. The molecule has 1 aromatic carbocycles. The van der Waals surface area contributed by atoms with Crippen LogP contribution in [0.4, 0.5) is 0 Å². The predicted octanol–water partition coefficient (Wildman–Crippen LogP) is 4.03. The van der Waals surface area contributed by atoms with Crippen LogP contribution >= 0.6 is 22.9 Å². The first kappa shape index (κ1) is 22.7. The van der Waals surface area contributed by atoms with Crippen molar-refractivity contribution in [2.75, 3.05) is 20.1 Å². The highest BCUT2D eigenvalue weighted by Crippen LogP contribution is 2.26. The van der Waals surface area contributed by atoms with Crippen molar-refractivity contribution in [2.24, 2.45) is 4.99 Å². The molecule has 0 amide bonds. The van der Waals surface area contributed by atoms with E-state index in [1.165, 1.54) is 22.5 Å². The van der Waals surface area contributed by atoms with Gasteiger partial charge in [0.25, 0.3) is 0 Å². The molecular weight excluding hydrogens is 392 g/mol. The number of hydrogen-bond donors (Lipinski definition) is 3. The Labute approximate surface area is 177 Å². The summed E-state index contributed by atoms with van der Waals surface area (Å²) in [6, 6.07) is 12.5. The maximum absolute atomic E-state index is 10.3. The van der Waals surface area contributed by atoms with Crippen molar-refractivity contribution in [3.63, 3.8) is 0 Å². The smallest absolute Gasteiger partial charge is 0.191 e. The second kappa shape index (κ2) is 11.4.